The first-order chi connectivity index (χ1) is 8.70. The van der Waals surface area contributed by atoms with Crippen molar-refractivity contribution in [3.63, 3.8) is 0 Å². The molecule has 0 aromatic carbocycles. The lowest BCUT2D eigenvalue weighted by molar-refractivity contribution is 0.114. The van der Waals surface area contributed by atoms with Crippen molar-refractivity contribution in [2.24, 2.45) is 17.8 Å². The quantitative estimate of drug-likeness (QED) is 0.827. The van der Waals surface area contributed by atoms with Gasteiger partial charge in [0.05, 0.1) is 0 Å². The number of nitrogens with one attached hydrogen (secondary N) is 1. The molecule has 1 aliphatic carbocycles. The second-order valence-corrected chi connectivity index (χ2v) is 6.83. The fraction of sp³-hybridized carbons (Fsp3) is 1.00. The summed E-state index contributed by atoms with van der Waals surface area (Å²) in [6.07, 6.45) is 8.55. The Labute approximate surface area is 114 Å². The Morgan fingerprint density at radius 1 is 1.11 bits per heavy atom. The van der Waals surface area contributed by atoms with E-state index in [-0.39, 0.29) is 0 Å². The van der Waals surface area contributed by atoms with E-state index in [0.29, 0.717) is 0 Å². The zero-order valence-corrected chi connectivity index (χ0v) is 12.6. The predicted molar refractivity (Wildman–Crippen MR) is 78.8 cm³/mol. The average molecular weight is 252 g/mol. The summed E-state index contributed by atoms with van der Waals surface area (Å²) in [5.41, 5.74) is 0. The van der Waals surface area contributed by atoms with Crippen LogP contribution in [0, 0.1) is 17.8 Å². The van der Waals surface area contributed by atoms with E-state index in [1.807, 2.05) is 0 Å². The van der Waals surface area contributed by atoms with Gasteiger partial charge in [0.15, 0.2) is 0 Å². The van der Waals surface area contributed by atoms with Crippen LogP contribution < -0.4 is 5.32 Å². The van der Waals surface area contributed by atoms with Crippen molar-refractivity contribution < 1.29 is 0 Å². The third-order valence-electron chi connectivity index (χ3n) is 5.28. The van der Waals surface area contributed by atoms with Crippen LogP contribution >= 0.6 is 0 Å². The van der Waals surface area contributed by atoms with E-state index in [4.69, 9.17) is 0 Å². The molecule has 0 amide bonds. The Kier molecular flexibility index (Phi) is 5.50. The van der Waals surface area contributed by atoms with Gasteiger partial charge in [0.1, 0.15) is 0 Å². The van der Waals surface area contributed by atoms with Gasteiger partial charge in [-0.15, -0.1) is 0 Å². The highest BCUT2D eigenvalue weighted by molar-refractivity contribution is 4.87. The third-order valence-corrected chi connectivity index (χ3v) is 5.28. The minimum atomic E-state index is 0.766. The van der Waals surface area contributed by atoms with Crippen molar-refractivity contribution in [1.29, 1.82) is 0 Å². The van der Waals surface area contributed by atoms with Crippen LogP contribution in [-0.4, -0.2) is 37.6 Å². The van der Waals surface area contributed by atoms with E-state index < -0.39 is 0 Å². The predicted octanol–water partition coefficient (Wildman–Crippen LogP) is 3.13. The summed E-state index contributed by atoms with van der Waals surface area (Å²) >= 11 is 0. The maximum atomic E-state index is 3.58. The maximum absolute atomic E-state index is 3.58. The Morgan fingerprint density at radius 3 is 2.44 bits per heavy atom. The third kappa shape index (κ3) is 3.71. The molecular weight excluding hydrogens is 220 g/mol. The number of piperidine rings is 1. The van der Waals surface area contributed by atoms with Crippen LogP contribution in [-0.2, 0) is 0 Å². The van der Waals surface area contributed by atoms with Gasteiger partial charge in [-0.2, -0.15) is 0 Å². The molecule has 2 fully saturated rings. The molecule has 0 aromatic rings. The first-order valence-electron chi connectivity index (χ1n) is 8.10. The molecule has 2 heteroatoms. The molecule has 18 heavy (non-hydrogen) atoms. The van der Waals surface area contributed by atoms with Gasteiger partial charge in [0, 0.05) is 12.6 Å². The molecule has 0 spiro atoms. The average Bonchev–Trinajstić information content (AvgIpc) is 2.39. The zero-order valence-electron chi connectivity index (χ0n) is 12.6. The summed E-state index contributed by atoms with van der Waals surface area (Å²) in [4.78, 5) is 2.72. The van der Waals surface area contributed by atoms with Crippen LogP contribution in [0.25, 0.3) is 0 Å². The van der Waals surface area contributed by atoms with Crippen LogP contribution in [0.2, 0.25) is 0 Å². The van der Waals surface area contributed by atoms with E-state index in [0.717, 1.165) is 23.8 Å². The van der Waals surface area contributed by atoms with Crippen molar-refractivity contribution in [3.8, 4) is 0 Å². The summed E-state index contributed by atoms with van der Waals surface area (Å²) in [6.45, 7) is 8.85. The molecule has 3 unspecified atom stereocenters. The fourth-order valence-corrected chi connectivity index (χ4v) is 3.96. The molecule has 3 atom stereocenters. The highest BCUT2D eigenvalue weighted by Gasteiger charge is 2.32. The smallest absolute Gasteiger partial charge is 0.0105 e. The number of hydrogen-bond donors (Lipinski definition) is 1. The van der Waals surface area contributed by atoms with Crippen molar-refractivity contribution in [2.75, 3.05) is 26.7 Å². The Morgan fingerprint density at radius 2 is 1.83 bits per heavy atom. The molecule has 2 nitrogen and oxygen atoms in total. The van der Waals surface area contributed by atoms with Crippen molar-refractivity contribution in [1.82, 2.24) is 10.2 Å². The summed E-state index contributed by atoms with van der Waals surface area (Å²) in [7, 11) is 2.16. The Hall–Kier alpha value is -0.0800. The minimum Gasteiger partial charge on any atom is -0.317 e. The lowest BCUT2D eigenvalue weighted by atomic mass is 9.73. The normalized spacial score (nSPS) is 35.0. The summed E-state index contributed by atoms with van der Waals surface area (Å²) in [5.74, 6) is 2.71. The van der Waals surface area contributed by atoms with Gasteiger partial charge < -0.3 is 10.2 Å². The highest BCUT2D eigenvalue weighted by atomic mass is 15.1. The van der Waals surface area contributed by atoms with E-state index in [2.05, 4.69) is 31.1 Å². The van der Waals surface area contributed by atoms with E-state index in [9.17, 15) is 0 Å². The Balaban J connectivity index is 1.88. The maximum Gasteiger partial charge on any atom is 0.0105 e. The van der Waals surface area contributed by atoms with Crippen LogP contribution in [0.15, 0.2) is 0 Å². The second kappa shape index (κ2) is 6.91. The molecule has 0 bridgehead atoms. The standard InChI is InChI=1S/C16H32N2/c1-13(2)14-7-8-16(17-3)15(11-14)12-18-9-5-4-6-10-18/h13-17H,4-12H2,1-3H3. The number of rotatable bonds is 4. The SMILES string of the molecule is CNC1CCC(C(C)C)CC1CN1CCCCC1. The summed E-state index contributed by atoms with van der Waals surface area (Å²) in [6, 6.07) is 0.766. The first-order valence-corrected chi connectivity index (χ1v) is 8.10. The number of hydrogen-bond acceptors (Lipinski definition) is 2. The Bertz CT molecular complexity index is 233. The van der Waals surface area contributed by atoms with Gasteiger partial charge >= 0.3 is 0 Å². The van der Waals surface area contributed by atoms with Gasteiger partial charge in [-0.3, -0.25) is 0 Å². The molecule has 2 rings (SSSR count). The molecular formula is C16H32N2. The van der Waals surface area contributed by atoms with Gasteiger partial charge in [-0.05, 0) is 70.0 Å². The highest BCUT2D eigenvalue weighted by Crippen LogP contribution is 2.34. The summed E-state index contributed by atoms with van der Waals surface area (Å²) in [5, 5.41) is 3.58. The largest absolute Gasteiger partial charge is 0.317 e. The fourth-order valence-electron chi connectivity index (χ4n) is 3.96. The first kappa shape index (κ1) is 14.3. The van der Waals surface area contributed by atoms with Crippen LogP contribution in [0.3, 0.4) is 0 Å². The van der Waals surface area contributed by atoms with E-state index >= 15 is 0 Å². The molecule has 1 heterocycles. The molecule has 1 aliphatic heterocycles. The molecule has 106 valence electrons. The van der Waals surface area contributed by atoms with Gasteiger partial charge in [0.2, 0.25) is 0 Å². The molecule has 0 aromatic heterocycles. The lowest BCUT2D eigenvalue weighted by Gasteiger charge is -2.41. The molecule has 1 saturated heterocycles. The van der Waals surface area contributed by atoms with E-state index in [1.165, 1.54) is 58.2 Å². The molecule has 1 N–H and O–H groups in total. The zero-order chi connectivity index (χ0) is 13.0. The molecule has 0 radical (unpaired) electrons. The summed E-state index contributed by atoms with van der Waals surface area (Å²) < 4.78 is 0. The number of nitrogens with zero attached hydrogens (tertiary/aromatic N) is 1. The number of likely N-dealkylation sites (tertiary alicyclic amines) is 1. The second-order valence-electron chi connectivity index (χ2n) is 6.83. The van der Waals surface area contributed by atoms with Gasteiger partial charge in [-0.1, -0.05) is 20.3 Å². The minimum absolute atomic E-state index is 0.766. The van der Waals surface area contributed by atoms with Gasteiger partial charge in [0.25, 0.3) is 0 Å². The van der Waals surface area contributed by atoms with Gasteiger partial charge in [-0.25, -0.2) is 0 Å². The van der Waals surface area contributed by atoms with E-state index in [1.54, 1.807) is 0 Å². The van der Waals surface area contributed by atoms with Crippen molar-refractivity contribution in [3.05, 3.63) is 0 Å². The topological polar surface area (TPSA) is 15.3 Å². The van der Waals surface area contributed by atoms with Crippen molar-refractivity contribution in [2.45, 2.75) is 58.4 Å². The van der Waals surface area contributed by atoms with Crippen LogP contribution in [0.1, 0.15) is 52.4 Å². The van der Waals surface area contributed by atoms with Crippen molar-refractivity contribution >= 4 is 0 Å². The molecule has 2 aliphatic rings. The lowest BCUT2D eigenvalue weighted by Crippen LogP contribution is -2.46. The van der Waals surface area contributed by atoms with Crippen LogP contribution in [0.5, 0.6) is 0 Å². The monoisotopic (exact) mass is 252 g/mol. The molecule has 1 saturated carbocycles. The van der Waals surface area contributed by atoms with Crippen LogP contribution in [0.4, 0.5) is 0 Å².